The topological polar surface area (TPSA) is 110 Å². The number of carbonyl (C=O) groups excluding carboxylic acids is 1. The summed E-state index contributed by atoms with van der Waals surface area (Å²) in [6, 6.07) is 5.23. The first-order valence-electron chi connectivity index (χ1n) is 5.55. The zero-order chi connectivity index (χ0) is 13.2. The van der Waals surface area contributed by atoms with Crippen molar-refractivity contribution in [2.75, 3.05) is 11.1 Å². The molecule has 2 heterocycles. The monoisotopic (exact) mass is 254 g/mol. The zero-order valence-electron chi connectivity index (χ0n) is 9.79. The minimum absolute atomic E-state index is 0.318. The van der Waals surface area contributed by atoms with E-state index in [4.69, 9.17) is 5.73 Å². The molecule has 0 aliphatic carbocycles. The molecule has 0 aliphatic heterocycles. The van der Waals surface area contributed by atoms with E-state index in [9.17, 15) is 4.79 Å². The van der Waals surface area contributed by atoms with Crippen molar-refractivity contribution in [1.82, 2.24) is 20.2 Å². The Kier molecular flexibility index (Phi) is 2.57. The highest BCUT2D eigenvalue weighted by molar-refractivity contribution is 6.11. The molecule has 1 amide bonds. The average molecular weight is 254 g/mol. The lowest BCUT2D eigenvalue weighted by Gasteiger charge is -2.05. The van der Waals surface area contributed by atoms with Crippen LogP contribution in [-0.4, -0.2) is 26.1 Å². The molecule has 3 rings (SSSR count). The quantitative estimate of drug-likeness (QED) is 0.636. The van der Waals surface area contributed by atoms with E-state index >= 15 is 0 Å². The van der Waals surface area contributed by atoms with E-state index in [1.165, 1.54) is 6.20 Å². The maximum Gasteiger partial charge on any atom is 0.259 e. The van der Waals surface area contributed by atoms with Crippen molar-refractivity contribution in [2.45, 2.75) is 0 Å². The minimum atomic E-state index is -0.318. The van der Waals surface area contributed by atoms with Crippen LogP contribution >= 0.6 is 0 Å². The number of amides is 1. The highest BCUT2D eigenvalue weighted by Crippen LogP contribution is 2.17. The molecular formula is C12H10N6O. The highest BCUT2D eigenvalue weighted by Gasteiger charge is 2.13. The molecule has 0 spiro atoms. The van der Waals surface area contributed by atoms with Gasteiger partial charge in [0.15, 0.2) is 5.82 Å². The highest BCUT2D eigenvalue weighted by atomic mass is 16.1. The number of aromatic nitrogens is 4. The van der Waals surface area contributed by atoms with E-state index in [2.05, 4.69) is 25.5 Å². The number of nitrogens with one attached hydrogen (secondary N) is 2. The van der Waals surface area contributed by atoms with Crippen LogP contribution in [0, 0.1) is 0 Å². The van der Waals surface area contributed by atoms with Crippen LogP contribution < -0.4 is 11.1 Å². The van der Waals surface area contributed by atoms with Gasteiger partial charge >= 0.3 is 0 Å². The maximum atomic E-state index is 12.2. The number of carbonyl (C=O) groups is 1. The lowest BCUT2D eigenvalue weighted by molar-refractivity contribution is 0.102. The summed E-state index contributed by atoms with van der Waals surface area (Å²) in [5.41, 5.74) is 7.65. The van der Waals surface area contributed by atoms with Gasteiger partial charge in [0.05, 0.1) is 23.0 Å². The predicted molar refractivity (Wildman–Crippen MR) is 70.5 cm³/mol. The van der Waals surface area contributed by atoms with Gasteiger partial charge in [0.2, 0.25) is 0 Å². The third kappa shape index (κ3) is 1.97. The lowest BCUT2D eigenvalue weighted by atomic mass is 10.1. The number of benzene rings is 1. The van der Waals surface area contributed by atoms with Crippen molar-refractivity contribution in [3.63, 3.8) is 0 Å². The molecule has 2 aromatic heterocycles. The molecule has 0 saturated carbocycles. The summed E-state index contributed by atoms with van der Waals surface area (Å²) in [7, 11) is 0. The second-order valence-electron chi connectivity index (χ2n) is 3.88. The maximum absolute atomic E-state index is 12.2. The SMILES string of the molecule is Nc1cn[nH]c1NC(=O)c1cccc2nccnc12. The summed E-state index contributed by atoms with van der Waals surface area (Å²) in [4.78, 5) is 20.5. The van der Waals surface area contributed by atoms with E-state index in [0.29, 0.717) is 28.1 Å². The first-order valence-corrected chi connectivity index (χ1v) is 5.55. The fraction of sp³-hybridized carbons (Fsp3) is 0. The molecule has 4 N–H and O–H groups in total. The van der Waals surface area contributed by atoms with Crippen molar-refractivity contribution < 1.29 is 4.79 Å². The van der Waals surface area contributed by atoms with E-state index < -0.39 is 0 Å². The van der Waals surface area contributed by atoms with Crippen LogP contribution in [0.2, 0.25) is 0 Å². The summed E-state index contributed by atoms with van der Waals surface area (Å²) in [6.45, 7) is 0. The molecular weight excluding hydrogens is 244 g/mol. The molecule has 0 aliphatic rings. The Morgan fingerprint density at radius 1 is 1.26 bits per heavy atom. The van der Waals surface area contributed by atoms with Crippen LogP contribution in [0.4, 0.5) is 11.5 Å². The largest absolute Gasteiger partial charge is 0.394 e. The molecule has 0 saturated heterocycles. The lowest BCUT2D eigenvalue weighted by Crippen LogP contribution is -2.14. The fourth-order valence-corrected chi connectivity index (χ4v) is 1.75. The number of rotatable bonds is 2. The Morgan fingerprint density at radius 3 is 2.89 bits per heavy atom. The zero-order valence-corrected chi connectivity index (χ0v) is 9.79. The Bertz CT molecular complexity index is 745. The number of hydrogen-bond donors (Lipinski definition) is 3. The minimum Gasteiger partial charge on any atom is -0.394 e. The van der Waals surface area contributed by atoms with Crippen molar-refractivity contribution in [3.05, 3.63) is 42.4 Å². The Hall–Kier alpha value is -2.96. The number of H-pyrrole nitrogens is 1. The van der Waals surface area contributed by atoms with E-state index in [1.54, 1.807) is 30.6 Å². The van der Waals surface area contributed by atoms with Gasteiger partial charge in [-0.2, -0.15) is 5.10 Å². The average Bonchev–Trinajstić information content (AvgIpc) is 2.83. The van der Waals surface area contributed by atoms with Crippen molar-refractivity contribution in [2.24, 2.45) is 0 Å². The van der Waals surface area contributed by atoms with Crippen molar-refractivity contribution in [1.29, 1.82) is 0 Å². The van der Waals surface area contributed by atoms with Gasteiger partial charge in [-0.15, -0.1) is 0 Å². The standard InChI is InChI=1S/C12H10N6O/c13-8-6-16-18-11(8)17-12(19)7-2-1-3-9-10(7)15-5-4-14-9/h1-6H,13H2,(H2,16,17,18,19). The van der Waals surface area contributed by atoms with Crippen LogP contribution in [0.1, 0.15) is 10.4 Å². The molecule has 3 aromatic rings. The summed E-state index contributed by atoms with van der Waals surface area (Å²) in [5, 5.41) is 9.00. The Morgan fingerprint density at radius 2 is 2.11 bits per heavy atom. The number of hydrogen-bond acceptors (Lipinski definition) is 5. The van der Waals surface area contributed by atoms with Crippen LogP contribution in [0.15, 0.2) is 36.8 Å². The molecule has 1 aromatic carbocycles. The second kappa shape index (κ2) is 4.37. The molecule has 7 nitrogen and oxygen atoms in total. The number of nitrogens with two attached hydrogens (primary N) is 1. The summed E-state index contributed by atoms with van der Waals surface area (Å²) in [5.74, 6) is 0.0490. The van der Waals surface area contributed by atoms with Crippen LogP contribution in [0.5, 0.6) is 0 Å². The van der Waals surface area contributed by atoms with Gasteiger partial charge in [0.25, 0.3) is 5.91 Å². The molecule has 7 heteroatoms. The molecule has 19 heavy (non-hydrogen) atoms. The normalized spacial score (nSPS) is 10.5. The molecule has 0 fully saturated rings. The Balaban J connectivity index is 2.00. The second-order valence-corrected chi connectivity index (χ2v) is 3.88. The molecule has 0 unspecified atom stereocenters. The first-order chi connectivity index (χ1) is 9.25. The fourth-order valence-electron chi connectivity index (χ4n) is 1.75. The number of para-hydroxylation sites is 1. The molecule has 0 bridgehead atoms. The number of nitrogen functional groups attached to an aromatic ring is 1. The summed E-state index contributed by atoms with van der Waals surface area (Å²) >= 11 is 0. The van der Waals surface area contributed by atoms with E-state index in [0.717, 1.165) is 0 Å². The molecule has 94 valence electrons. The van der Waals surface area contributed by atoms with Gasteiger partial charge < -0.3 is 11.1 Å². The molecule has 0 atom stereocenters. The third-order valence-corrected chi connectivity index (χ3v) is 2.65. The Labute approximate surface area is 107 Å². The number of aromatic amines is 1. The van der Waals surface area contributed by atoms with Gasteiger partial charge in [-0.1, -0.05) is 6.07 Å². The summed E-state index contributed by atoms with van der Waals surface area (Å²) < 4.78 is 0. The van der Waals surface area contributed by atoms with Crippen LogP contribution in [0.25, 0.3) is 11.0 Å². The van der Waals surface area contributed by atoms with Crippen LogP contribution in [0.3, 0.4) is 0 Å². The predicted octanol–water partition coefficient (Wildman–Crippen LogP) is 1.19. The van der Waals surface area contributed by atoms with Gasteiger partial charge in [-0.3, -0.25) is 19.9 Å². The van der Waals surface area contributed by atoms with E-state index in [1.807, 2.05) is 0 Å². The van der Waals surface area contributed by atoms with Gasteiger partial charge in [-0.05, 0) is 12.1 Å². The smallest absolute Gasteiger partial charge is 0.259 e. The first kappa shape index (κ1) is 11.1. The van der Waals surface area contributed by atoms with Gasteiger partial charge in [0.1, 0.15) is 5.52 Å². The number of anilines is 2. The van der Waals surface area contributed by atoms with E-state index in [-0.39, 0.29) is 5.91 Å². The van der Waals surface area contributed by atoms with Gasteiger partial charge in [0, 0.05) is 12.4 Å². The third-order valence-electron chi connectivity index (χ3n) is 2.65. The van der Waals surface area contributed by atoms with Crippen LogP contribution in [-0.2, 0) is 0 Å². The van der Waals surface area contributed by atoms with Gasteiger partial charge in [-0.25, -0.2) is 0 Å². The summed E-state index contributed by atoms with van der Waals surface area (Å²) in [6.07, 6.45) is 4.55. The number of nitrogens with zero attached hydrogens (tertiary/aromatic N) is 3. The molecule has 0 radical (unpaired) electrons. The number of fused-ring (bicyclic) bond motifs is 1. The van der Waals surface area contributed by atoms with Crippen molar-refractivity contribution in [3.8, 4) is 0 Å². The van der Waals surface area contributed by atoms with Crippen molar-refractivity contribution >= 4 is 28.4 Å².